The first-order valence-corrected chi connectivity index (χ1v) is 7.67. The summed E-state index contributed by atoms with van der Waals surface area (Å²) in [6, 6.07) is 6.29. The predicted octanol–water partition coefficient (Wildman–Crippen LogP) is 3.35. The fourth-order valence-corrected chi connectivity index (χ4v) is 3.42. The number of likely N-dealkylation sites (N-methyl/N-ethyl adjacent to an activating group) is 1. The second kappa shape index (κ2) is 6.32. The summed E-state index contributed by atoms with van der Waals surface area (Å²) in [7, 11) is 0. The maximum atomic E-state index is 3.63. The van der Waals surface area contributed by atoms with Crippen LogP contribution in [0.25, 0.3) is 0 Å². The molecule has 1 aliphatic rings. The average molecular weight is 362 g/mol. The van der Waals surface area contributed by atoms with Crippen LogP contribution < -0.4 is 0 Å². The molecule has 1 fully saturated rings. The van der Waals surface area contributed by atoms with Gasteiger partial charge in [0.25, 0.3) is 0 Å². The largest absolute Gasteiger partial charge is 0.301 e. The molecule has 0 spiro atoms. The van der Waals surface area contributed by atoms with Crippen molar-refractivity contribution in [3.63, 3.8) is 0 Å². The number of nitrogens with zero attached hydrogens (tertiary/aromatic N) is 2. The van der Waals surface area contributed by atoms with Crippen molar-refractivity contribution in [2.24, 2.45) is 0 Å². The zero-order chi connectivity index (χ0) is 12.3. The minimum Gasteiger partial charge on any atom is -0.301 e. The molecule has 1 aromatic rings. The summed E-state index contributed by atoms with van der Waals surface area (Å²) in [5.74, 6) is 0. The Kier molecular flexibility index (Phi) is 5.03. The highest BCUT2D eigenvalue weighted by atomic mass is 79.9. The summed E-state index contributed by atoms with van der Waals surface area (Å²) in [5, 5.41) is 0. The van der Waals surface area contributed by atoms with Gasteiger partial charge in [0.15, 0.2) is 0 Å². The van der Waals surface area contributed by atoms with E-state index in [-0.39, 0.29) is 0 Å². The fraction of sp³-hybridized carbons (Fsp3) is 0.538. The Labute approximate surface area is 120 Å². The van der Waals surface area contributed by atoms with Crippen molar-refractivity contribution in [2.75, 3.05) is 32.7 Å². The van der Waals surface area contributed by atoms with Gasteiger partial charge in [-0.15, -0.1) is 0 Å². The molecule has 2 nitrogen and oxygen atoms in total. The molecule has 0 aliphatic carbocycles. The van der Waals surface area contributed by atoms with Gasteiger partial charge in [0.1, 0.15) is 0 Å². The molecule has 1 aromatic carbocycles. The van der Waals surface area contributed by atoms with Gasteiger partial charge in [-0.2, -0.15) is 0 Å². The third-order valence-corrected chi connectivity index (χ3v) is 4.84. The average Bonchev–Trinajstić information content (AvgIpc) is 2.35. The van der Waals surface area contributed by atoms with Crippen molar-refractivity contribution in [1.29, 1.82) is 0 Å². The summed E-state index contributed by atoms with van der Waals surface area (Å²) in [4.78, 5) is 5.03. The van der Waals surface area contributed by atoms with Crippen LogP contribution in [0.15, 0.2) is 27.1 Å². The smallest absolute Gasteiger partial charge is 0.0257 e. The molecular weight excluding hydrogens is 344 g/mol. The van der Waals surface area contributed by atoms with Crippen LogP contribution in [0.2, 0.25) is 0 Å². The molecule has 0 aromatic heterocycles. The van der Waals surface area contributed by atoms with Crippen molar-refractivity contribution in [2.45, 2.75) is 13.5 Å². The molecule has 1 aliphatic heterocycles. The van der Waals surface area contributed by atoms with Gasteiger partial charge in [-0.05, 0) is 24.2 Å². The van der Waals surface area contributed by atoms with E-state index in [0.29, 0.717) is 0 Å². The number of piperazine rings is 1. The second-order valence-electron chi connectivity index (χ2n) is 4.41. The van der Waals surface area contributed by atoms with E-state index in [1.807, 2.05) is 0 Å². The van der Waals surface area contributed by atoms with E-state index < -0.39 is 0 Å². The molecule has 0 amide bonds. The first kappa shape index (κ1) is 13.5. The highest BCUT2D eigenvalue weighted by Crippen LogP contribution is 2.26. The summed E-state index contributed by atoms with van der Waals surface area (Å²) in [6.45, 7) is 9.16. The van der Waals surface area contributed by atoms with Gasteiger partial charge in [-0.1, -0.05) is 44.8 Å². The van der Waals surface area contributed by atoms with Gasteiger partial charge in [0.05, 0.1) is 0 Å². The SMILES string of the molecule is CCN1CCN(Cc2c(Br)cccc2Br)CC1. The Morgan fingerprint density at radius 2 is 1.53 bits per heavy atom. The molecule has 1 heterocycles. The molecular formula is C13H18Br2N2. The standard InChI is InChI=1S/C13H18Br2N2/c1-2-16-6-8-17(9-7-16)10-11-12(14)4-3-5-13(11)15/h3-5H,2,6-10H2,1H3. The number of halogens is 2. The highest BCUT2D eigenvalue weighted by Gasteiger charge is 2.17. The minimum absolute atomic E-state index is 1.03. The normalized spacial score (nSPS) is 18.5. The second-order valence-corrected chi connectivity index (χ2v) is 6.12. The van der Waals surface area contributed by atoms with E-state index in [4.69, 9.17) is 0 Å². The zero-order valence-corrected chi connectivity index (χ0v) is 13.3. The summed E-state index contributed by atoms with van der Waals surface area (Å²) in [5.41, 5.74) is 1.36. The van der Waals surface area contributed by atoms with E-state index in [9.17, 15) is 0 Å². The van der Waals surface area contributed by atoms with Gasteiger partial charge >= 0.3 is 0 Å². The van der Waals surface area contributed by atoms with Crippen LogP contribution in [0.5, 0.6) is 0 Å². The van der Waals surface area contributed by atoms with E-state index in [0.717, 1.165) is 6.54 Å². The lowest BCUT2D eigenvalue weighted by atomic mass is 10.2. The van der Waals surface area contributed by atoms with Crippen LogP contribution in [0.4, 0.5) is 0 Å². The summed E-state index contributed by atoms with van der Waals surface area (Å²) in [6.07, 6.45) is 0. The number of benzene rings is 1. The van der Waals surface area contributed by atoms with Crippen molar-refractivity contribution in [1.82, 2.24) is 9.80 Å². The molecule has 0 unspecified atom stereocenters. The van der Waals surface area contributed by atoms with Gasteiger partial charge in [0.2, 0.25) is 0 Å². The molecule has 0 N–H and O–H groups in total. The lowest BCUT2D eigenvalue weighted by molar-refractivity contribution is 0.131. The van der Waals surface area contributed by atoms with E-state index in [1.165, 1.54) is 47.2 Å². The van der Waals surface area contributed by atoms with Gasteiger partial charge in [0, 0.05) is 41.7 Å². The van der Waals surface area contributed by atoms with Gasteiger partial charge in [-0.25, -0.2) is 0 Å². The maximum Gasteiger partial charge on any atom is 0.0257 e. The third-order valence-electron chi connectivity index (χ3n) is 3.36. The predicted molar refractivity (Wildman–Crippen MR) is 79.2 cm³/mol. The van der Waals surface area contributed by atoms with Gasteiger partial charge < -0.3 is 4.90 Å². The molecule has 0 radical (unpaired) electrons. The van der Waals surface area contributed by atoms with Crippen LogP contribution in [0.3, 0.4) is 0 Å². The molecule has 1 saturated heterocycles. The Balaban J connectivity index is 1.98. The monoisotopic (exact) mass is 360 g/mol. The molecule has 0 bridgehead atoms. The van der Waals surface area contributed by atoms with Crippen LogP contribution in [0.1, 0.15) is 12.5 Å². The highest BCUT2D eigenvalue weighted by molar-refractivity contribution is 9.11. The quantitative estimate of drug-likeness (QED) is 0.814. The Morgan fingerprint density at radius 1 is 1.00 bits per heavy atom. The number of hydrogen-bond acceptors (Lipinski definition) is 2. The minimum atomic E-state index is 1.03. The lowest BCUT2D eigenvalue weighted by Gasteiger charge is -2.34. The zero-order valence-electron chi connectivity index (χ0n) is 10.1. The topological polar surface area (TPSA) is 6.48 Å². The molecule has 0 saturated carbocycles. The lowest BCUT2D eigenvalue weighted by Crippen LogP contribution is -2.45. The molecule has 4 heteroatoms. The fourth-order valence-electron chi connectivity index (χ4n) is 2.17. The van der Waals surface area contributed by atoms with E-state index >= 15 is 0 Å². The van der Waals surface area contributed by atoms with Crippen LogP contribution in [-0.4, -0.2) is 42.5 Å². The summed E-state index contributed by atoms with van der Waals surface area (Å²) < 4.78 is 2.40. The van der Waals surface area contributed by atoms with E-state index in [1.54, 1.807) is 0 Å². The maximum absolute atomic E-state index is 3.63. The van der Waals surface area contributed by atoms with Crippen molar-refractivity contribution < 1.29 is 0 Å². The Hall–Kier alpha value is 0.1000. The van der Waals surface area contributed by atoms with Crippen LogP contribution in [0, 0.1) is 0 Å². The Morgan fingerprint density at radius 3 is 2.06 bits per heavy atom. The van der Waals surface area contributed by atoms with Crippen molar-refractivity contribution >= 4 is 31.9 Å². The van der Waals surface area contributed by atoms with Crippen LogP contribution in [-0.2, 0) is 6.54 Å². The first-order valence-electron chi connectivity index (χ1n) is 6.08. The van der Waals surface area contributed by atoms with E-state index in [2.05, 4.69) is 66.8 Å². The molecule has 2 rings (SSSR count). The molecule has 17 heavy (non-hydrogen) atoms. The Bertz CT molecular complexity index is 353. The van der Waals surface area contributed by atoms with Crippen LogP contribution >= 0.6 is 31.9 Å². The number of hydrogen-bond donors (Lipinski definition) is 0. The van der Waals surface area contributed by atoms with Crippen molar-refractivity contribution in [3.05, 3.63) is 32.7 Å². The van der Waals surface area contributed by atoms with Crippen molar-refractivity contribution in [3.8, 4) is 0 Å². The third kappa shape index (κ3) is 3.53. The molecule has 0 atom stereocenters. The number of rotatable bonds is 3. The molecule has 94 valence electrons. The van der Waals surface area contributed by atoms with Gasteiger partial charge in [-0.3, -0.25) is 4.90 Å². The summed E-state index contributed by atoms with van der Waals surface area (Å²) >= 11 is 7.26. The first-order chi connectivity index (χ1) is 8.20.